The average Bonchev–Trinajstić information content (AvgIpc) is 2.62. The maximum Gasteiger partial charge on any atom is 0.326 e. The molecular formula is C14H25N3O4. The van der Waals surface area contributed by atoms with Crippen LogP contribution in [0.15, 0.2) is 0 Å². The summed E-state index contributed by atoms with van der Waals surface area (Å²) in [5.41, 5.74) is 0. The summed E-state index contributed by atoms with van der Waals surface area (Å²) in [4.78, 5) is 38.0. The Morgan fingerprint density at radius 1 is 1.10 bits per heavy atom. The summed E-state index contributed by atoms with van der Waals surface area (Å²) >= 11 is 0. The van der Waals surface area contributed by atoms with E-state index in [4.69, 9.17) is 5.11 Å². The second-order valence-electron chi connectivity index (χ2n) is 5.82. The van der Waals surface area contributed by atoms with Gasteiger partial charge in [0, 0.05) is 33.1 Å². The fraction of sp³-hybridized carbons (Fsp3) is 0.786. The topological polar surface area (TPSA) is 90.0 Å². The van der Waals surface area contributed by atoms with Crippen LogP contribution in [0.2, 0.25) is 0 Å². The molecule has 2 N–H and O–H groups in total. The van der Waals surface area contributed by atoms with Crippen molar-refractivity contribution in [1.82, 2.24) is 15.1 Å². The van der Waals surface area contributed by atoms with E-state index in [-0.39, 0.29) is 17.9 Å². The number of carbonyl (C=O) groups excluding carboxylic acids is 2. The van der Waals surface area contributed by atoms with Gasteiger partial charge in [0.05, 0.1) is 0 Å². The van der Waals surface area contributed by atoms with Gasteiger partial charge in [0.2, 0.25) is 5.91 Å². The highest BCUT2D eigenvalue weighted by atomic mass is 16.4. The molecule has 0 radical (unpaired) electrons. The van der Waals surface area contributed by atoms with Gasteiger partial charge in [-0.15, -0.1) is 0 Å². The van der Waals surface area contributed by atoms with Crippen molar-refractivity contribution in [3.63, 3.8) is 0 Å². The Kier molecular flexibility index (Phi) is 6.45. The molecule has 1 aliphatic heterocycles. The molecule has 1 atom stereocenters. The summed E-state index contributed by atoms with van der Waals surface area (Å²) < 4.78 is 0. The Morgan fingerprint density at radius 3 is 2.19 bits per heavy atom. The van der Waals surface area contributed by atoms with Gasteiger partial charge in [-0.25, -0.2) is 9.59 Å². The monoisotopic (exact) mass is 299 g/mol. The third-order valence-corrected chi connectivity index (χ3v) is 3.53. The van der Waals surface area contributed by atoms with Crippen LogP contribution in [0, 0.1) is 5.92 Å². The van der Waals surface area contributed by atoms with Crippen LogP contribution in [0.1, 0.15) is 33.6 Å². The van der Waals surface area contributed by atoms with Crippen molar-refractivity contribution in [3.8, 4) is 0 Å². The number of carboxylic acid groups (broad SMARTS) is 1. The van der Waals surface area contributed by atoms with E-state index in [9.17, 15) is 14.4 Å². The Balaban J connectivity index is 2.57. The summed E-state index contributed by atoms with van der Waals surface area (Å²) in [6, 6.07) is -1.24. The minimum atomic E-state index is -1.02. The number of nitrogens with zero attached hydrogens (tertiary/aromatic N) is 2. The number of nitrogens with one attached hydrogen (secondary N) is 1. The molecule has 7 nitrogen and oxygen atoms in total. The van der Waals surface area contributed by atoms with Crippen molar-refractivity contribution in [3.05, 3.63) is 0 Å². The normalized spacial score (nSPS) is 17.3. The van der Waals surface area contributed by atoms with Gasteiger partial charge in [-0.05, 0) is 18.8 Å². The predicted octanol–water partition coefficient (Wildman–Crippen LogP) is 0.750. The number of urea groups is 1. The zero-order valence-electron chi connectivity index (χ0n) is 13.0. The van der Waals surface area contributed by atoms with Gasteiger partial charge in [0.1, 0.15) is 6.04 Å². The molecule has 0 aromatic carbocycles. The van der Waals surface area contributed by atoms with Gasteiger partial charge in [-0.3, -0.25) is 4.79 Å². The number of hydrogen-bond donors (Lipinski definition) is 2. The molecule has 0 bridgehead atoms. The highest BCUT2D eigenvalue weighted by Crippen LogP contribution is 2.08. The molecule has 1 saturated heterocycles. The van der Waals surface area contributed by atoms with Crippen LogP contribution in [-0.2, 0) is 9.59 Å². The summed E-state index contributed by atoms with van der Waals surface area (Å²) in [7, 11) is 0. The summed E-state index contributed by atoms with van der Waals surface area (Å²) in [6.07, 6.45) is 1.10. The van der Waals surface area contributed by atoms with Gasteiger partial charge in [0.25, 0.3) is 0 Å². The lowest BCUT2D eigenvalue weighted by Gasteiger charge is -2.24. The van der Waals surface area contributed by atoms with Crippen molar-refractivity contribution in [2.24, 2.45) is 5.92 Å². The van der Waals surface area contributed by atoms with E-state index in [1.807, 2.05) is 13.8 Å². The number of carbonyl (C=O) groups is 3. The third kappa shape index (κ3) is 5.61. The van der Waals surface area contributed by atoms with Crippen LogP contribution in [0.3, 0.4) is 0 Å². The van der Waals surface area contributed by atoms with E-state index >= 15 is 0 Å². The molecule has 0 aromatic rings. The Bertz CT molecular complexity index is 398. The number of carboxylic acids is 1. The molecule has 0 aliphatic carbocycles. The van der Waals surface area contributed by atoms with Gasteiger partial charge < -0.3 is 20.2 Å². The third-order valence-electron chi connectivity index (χ3n) is 3.53. The molecule has 1 rings (SSSR count). The Labute approximate surface area is 125 Å². The molecule has 1 aliphatic rings. The molecule has 0 unspecified atom stereocenters. The molecule has 7 heteroatoms. The van der Waals surface area contributed by atoms with Gasteiger partial charge in [-0.2, -0.15) is 0 Å². The molecule has 1 heterocycles. The smallest absolute Gasteiger partial charge is 0.326 e. The Hall–Kier alpha value is -1.79. The lowest BCUT2D eigenvalue weighted by Crippen LogP contribution is -2.49. The minimum Gasteiger partial charge on any atom is -0.480 e. The summed E-state index contributed by atoms with van der Waals surface area (Å²) in [5.74, 6) is -0.832. The first-order valence-electron chi connectivity index (χ1n) is 7.35. The second kappa shape index (κ2) is 7.85. The van der Waals surface area contributed by atoms with Gasteiger partial charge in [-0.1, -0.05) is 13.8 Å². The number of hydrogen-bond acceptors (Lipinski definition) is 3. The van der Waals surface area contributed by atoms with E-state index in [0.717, 1.165) is 0 Å². The molecule has 1 fully saturated rings. The molecule has 3 amide bonds. The zero-order valence-corrected chi connectivity index (χ0v) is 13.0. The fourth-order valence-corrected chi connectivity index (χ4v) is 2.37. The maximum absolute atomic E-state index is 12.2. The van der Waals surface area contributed by atoms with Crippen LogP contribution in [0.5, 0.6) is 0 Å². The van der Waals surface area contributed by atoms with Crippen molar-refractivity contribution in [1.29, 1.82) is 0 Å². The van der Waals surface area contributed by atoms with Gasteiger partial charge in [0.15, 0.2) is 0 Å². The van der Waals surface area contributed by atoms with Crippen molar-refractivity contribution < 1.29 is 19.5 Å². The van der Waals surface area contributed by atoms with Gasteiger partial charge >= 0.3 is 12.0 Å². The van der Waals surface area contributed by atoms with Crippen molar-refractivity contribution in [2.75, 3.05) is 26.2 Å². The molecule has 21 heavy (non-hydrogen) atoms. The van der Waals surface area contributed by atoms with E-state index in [2.05, 4.69) is 5.32 Å². The number of aliphatic carboxylic acids is 1. The minimum absolute atomic E-state index is 0.000443. The molecule has 0 aromatic heterocycles. The first-order chi connectivity index (χ1) is 9.81. The summed E-state index contributed by atoms with van der Waals surface area (Å²) in [6.45, 7) is 7.43. The van der Waals surface area contributed by atoms with Crippen LogP contribution < -0.4 is 5.32 Å². The number of amides is 3. The van der Waals surface area contributed by atoms with E-state index < -0.39 is 12.0 Å². The molecule has 0 saturated carbocycles. The maximum atomic E-state index is 12.2. The standard InChI is InChI=1S/C14H25N3O4/c1-10(2)9-12(13(19)20)15-14(21)17-6-4-5-16(7-8-17)11(3)18/h10,12H,4-9H2,1-3H3,(H,15,21)(H,19,20)/t12-/m0/s1. The van der Waals surface area contributed by atoms with Crippen LogP contribution >= 0.6 is 0 Å². The molecule has 0 spiro atoms. The van der Waals surface area contributed by atoms with Crippen molar-refractivity contribution in [2.45, 2.75) is 39.7 Å². The average molecular weight is 299 g/mol. The van der Waals surface area contributed by atoms with E-state index in [0.29, 0.717) is 39.0 Å². The SMILES string of the molecule is CC(=O)N1CCCN(C(=O)N[C@@H](CC(C)C)C(=O)O)CC1. The van der Waals surface area contributed by atoms with E-state index in [1.54, 1.807) is 9.80 Å². The zero-order chi connectivity index (χ0) is 16.0. The highest BCUT2D eigenvalue weighted by Gasteiger charge is 2.25. The van der Waals surface area contributed by atoms with Crippen LogP contribution in [-0.4, -0.2) is 65.0 Å². The first-order valence-corrected chi connectivity index (χ1v) is 7.35. The highest BCUT2D eigenvalue weighted by molar-refractivity contribution is 5.82. The molecule has 120 valence electrons. The first kappa shape index (κ1) is 17.3. The number of rotatable bonds is 4. The van der Waals surface area contributed by atoms with E-state index in [1.165, 1.54) is 6.92 Å². The largest absolute Gasteiger partial charge is 0.480 e. The lowest BCUT2D eigenvalue weighted by atomic mass is 10.0. The predicted molar refractivity (Wildman–Crippen MR) is 77.9 cm³/mol. The fourth-order valence-electron chi connectivity index (χ4n) is 2.37. The Morgan fingerprint density at radius 2 is 1.67 bits per heavy atom. The summed E-state index contributed by atoms with van der Waals surface area (Å²) in [5, 5.41) is 11.7. The lowest BCUT2D eigenvalue weighted by molar-refractivity contribution is -0.139. The molecular weight excluding hydrogens is 274 g/mol. The second-order valence-corrected chi connectivity index (χ2v) is 5.82. The van der Waals surface area contributed by atoms with Crippen LogP contribution in [0.4, 0.5) is 4.79 Å². The van der Waals surface area contributed by atoms with Crippen LogP contribution in [0.25, 0.3) is 0 Å². The van der Waals surface area contributed by atoms with Crippen molar-refractivity contribution >= 4 is 17.9 Å². The quantitative estimate of drug-likeness (QED) is 0.801.